The van der Waals surface area contributed by atoms with E-state index in [1.807, 2.05) is 53.3 Å². The molecule has 3 aromatic rings. The number of aryl methyl sites for hydroxylation is 2. The molecule has 294 valence electrons. The number of hydrogen-bond donors (Lipinski definition) is 1. The maximum atomic E-state index is 13.4. The number of allylic oxidation sites excluding steroid dienone is 5. The van der Waals surface area contributed by atoms with E-state index < -0.39 is 14.0 Å². The molecule has 5 rings (SSSR count). The first-order chi connectivity index (χ1) is 26.6. The van der Waals surface area contributed by atoms with E-state index in [1.54, 1.807) is 12.1 Å². The van der Waals surface area contributed by atoms with Gasteiger partial charge in [-0.3, -0.25) is 14.9 Å². The fourth-order valence-corrected chi connectivity index (χ4v) is 9.93. The third kappa shape index (κ3) is 10.1. The van der Waals surface area contributed by atoms with Gasteiger partial charge in [0.15, 0.2) is 5.71 Å². The fourth-order valence-electron chi connectivity index (χ4n) is 6.86. The number of nitro benzene ring substituents is 1. The van der Waals surface area contributed by atoms with E-state index in [4.69, 9.17) is 19.1 Å². The number of nitrogens with zero attached hydrogens (tertiary/aromatic N) is 3. The summed E-state index contributed by atoms with van der Waals surface area (Å²) in [6.45, 7) is 8.17. The zero-order valence-corrected chi connectivity index (χ0v) is 33.9. The molecular formula is C42H48N4O9Si. The van der Waals surface area contributed by atoms with Gasteiger partial charge in [0.2, 0.25) is 0 Å². The van der Waals surface area contributed by atoms with Gasteiger partial charge < -0.3 is 29.6 Å². The number of benzene rings is 3. The van der Waals surface area contributed by atoms with Crippen LogP contribution in [0.3, 0.4) is 0 Å². The van der Waals surface area contributed by atoms with Crippen molar-refractivity contribution >= 4 is 53.9 Å². The van der Waals surface area contributed by atoms with Crippen molar-refractivity contribution in [1.82, 2.24) is 5.32 Å². The summed E-state index contributed by atoms with van der Waals surface area (Å²) in [4.78, 5) is 55.2. The van der Waals surface area contributed by atoms with Crippen molar-refractivity contribution in [3.63, 3.8) is 0 Å². The predicted molar refractivity (Wildman–Crippen MR) is 214 cm³/mol. The van der Waals surface area contributed by atoms with E-state index in [1.165, 1.54) is 28.6 Å². The number of hydrogen-bond acceptors (Lipinski definition) is 10. The molecule has 0 atom stereocenters. The lowest BCUT2D eigenvalue weighted by atomic mass is 9.86. The number of nitro groups is 1. The van der Waals surface area contributed by atoms with Gasteiger partial charge in [0, 0.05) is 67.8 Å². The van der Waals surface area contributed by atoms with E-state index in [0.29, 0.717) is 49.4 Å². The van der Waals surface area contributed by atoms with Crippen LogP contribution in [-0.4, -0.2) is 102 Å². The molecule has 0 radical (unpaired) electrons. The molecule has 2 aliphatic rings. The number of nitrogens with one attached hydrogen (secondary N) is 1. The highest BCUT2D eigenvalue weighted by Crippen LogP contribution is 2.43. The molecule has 1 heterocycles. The molecule has 1 aliphatic carbocycles. The number of anilines is 1. The Kier molecular flexibility index (Phi) is 14.7. The Bertz CT molecular complexity index is 2160. The van der Waals surface area contributed by atoms with Crippen molar-refractivity contribution in [2.24, 2.45) is 0 Å². The van der Waals surface area contributed by atoms with Gasteiger partial charge in [0.1, 0.15) is 22.2 Å². The van der Waals surface area contributed by atoms with Gasteiger partial charge >= 0.3 is 6.15 Å². The molecule has 0 bridgehead atoms. The van der Waals surface area contributed by atoms with Crippen LogP contribution in [0.4, 0.5) is 11.4 Å². The minimum atomic E-state index is -2.26. The fraction of sp³-hybridized carbons (Fsp3) is 0.333. The molecule has 0 saturated heterocycles. The van der Waals surface area contributed by atoms with Crippen molar-refractivity contribution < 1.29 is 43.3 Å². The van der Waals surface area contributed by atoms with Crippen molar-refractivity contribution in [3.05, 3.63) is 127 Å². The number of aromatic carboxylic acids is 1. The summed E-state index contributed by atoms with van der Waals surface area (Å²) in [7, 11) is 5.75. The van der Waals surface area contributed by atoms with Crippen molar-refractivity contribution in [3.8, 4) is 0 Å². The van der Waals surface area contributed by atoms with Crippen molar-refractivity contribution in [2.45, 2.75) is 32.9 Å². The normalized spacial score (nSPS) is 13.7. The molecule has 0 saturated carbocycles. The number of ether oxygens (including phenoxy) is 2. The Morgan fingerprint density at radius 3 is 2.25 bits per heavy atom. The lowest BCUT2D eigenvalue weighted by molar-refractivity contribution is -0.462. The standard InChI is InChI=1S/C41H48N4O7Si.CO2/c1-27-10-17-36(45(49)50)28(23-27)9-8-19-51-21-22-52-20-18-42-40(46)29-11-14-32(41(47)48)35(24-29)39-33-15-12-30(43(2)3)25-37(33)53(6,7)38-26-31(44(4)5)13-16-34(38)39;2-1-3/h10-17,23-26H,8-9,18-22H2,1-7H3,(H-,42,46,47,48);. The van der Waals surface area contributed by atoms with Crippen LogP contribution in [-0.2, 0) is 25.5 Å². The maximum absolute atomic E-state index is 13.4. The lowest BCUT2D eigenvalue weighted by Crippen LogP contribution is -2.50. The number of amides is 1. The summed E-state index contributed by atoms with van der Waals surface area (Å²) in [6, 6.07) is 16.1. The zero-order valence-electron chi connectivity index (χ0n) is 32.9. The molecule has 0 fully saturated rings. The van der Waals surface area contributed by atoms with E-state index >= 15 is 0 Å². The molecule has 0 aromatic heterocycles. The maximum Gasteiger partial charge on any atom is 0.373 e. The summed E-state index contributed by atoms with van der Waals surface area (Å²) in [5.41, 5.74) is 7.39. The van der Waals surface area contributed by atoms with Crippen molar-refractivity contribution in [2.75, 3.05) is 66.1 Å². The van der Waals surface area contributed by atoms with E-state index in [-0.39, 0.29) is 41.4 Å². The van der Waals surface area contributed by atoms with Gasteiger partial charge in [-0.25, -0.2) is 4.58 Å². The Balaban J connectivity index is 0.00000225. The van der Waals surface area contributed by atoms with Crippen molar-refractivity contribution in [1.29, 1.82) is 0 Å². The summed E-state index contributed by atoms with van der Waals surface area (Å²) in [5, 5.41) is 29.1. The van der Waals surface area contributed by atoms with Gasteiger partial charge in [-0.2, -0.15) is 9.59 Å². The molecule has 14 heteroatoms. The highest BCUT2D eigenvalue weighted by atomic mass is 28.3. The lowest BCUT2D eigenvalue weighted by Gasteiger charge is -2.38. The van der Waals surface area contributed by atoms with Crippen LogP contribution in [0.5, 0.6) is 0 Å². The quantitative estimate of drug-likeness (QED) is 0.0790. The summed E-state index contributed by atoms with van der Waals surface area (Å²) < 4.78 is 13.4. The number of carbonyl (C=O) groups is 2. The molecule has 13 nitrogen and oxygen atoms in total. The largest absolute Gasteiger partial charge is 0.545 e. The second-order valence-corrected chi connectivity index (χ2v) is 18.7. The minimum Gasteiger partial charge on any atom is -0.545 e. The highest BCUT2D eigenvalue weighted by Gasteiger charge is 2.41. The first-order valence-electron chi connectivity index (χ1n) is 18.2. The number of carboxylic acid groups (broad SMARTS) is 1. The topological polar surface area (TPSA) is 171 Å². The first kappa shape index (κ1) is 42.9. The number of rotatable bonds is 15. The third-order valence-corrected chi connectivity index (χ3v) is 13.3. The molecule has 1 N–H and O–H groups in total. The van der Waals surface area contributed by atoms with Gasteiger partial charge in [0.05, 0.1) is 30.7 Å². The predicted octanol–water partition coefficient (Wildman–Crippen LogP) is 3.62. The Morgan fingerprint density at radius 1 is 0.911 bits per heavy atom. The smallest absolute Gasteiger partial charge is 0.373 e. The molecule has 0 unspecified atom stereocenters. The second kappa shape index (κ2) is 19.2. The van der Waals surface area contributed by atoms with Gasteiger partial charge in [0.25, 0.3) is 11.6 Å². The van der Waals surface area contributed by atoms with E-state index in [2.05, 4.69) is 52.2 Å². The van der Waals surface area contributed by atoms with Crippen LogP contribution in [0.25, 0.3) is 5.57 Å². The van der Waals surface area contributed by atoms with Crippen LogP contribution in [0.1, 0.15) is 49.4 Å². The number of fused-ring (bicyclic) bond motifs is 2. The highest BCUT2D eigenvalue weighted by molar-refractivity contribution is 6.98. The summed E-state index contributed by atoms with van der Waals surface area (Å²) in [6.07, 6.45) is 7.77. The van der Waals surface area contributed by atoms with Crippen LogP contribution < -0.4 is 20.5 Å². The molecule has 3 aromatic carbocycles. The Morgan fingerprint density at radius 2 is 1.61 bits per heavy atom. The van der Waals surface area contributed by atoms with Crippen LogP contribution in [0.2, 0.25) is 13.1 Å². The van der Waals surface area contributed by atoms with Gasteiger partial charge in [-0.05, 0) is 88.8 Å². The van der Waals surface area contributed by atoms with E-state index in [9.17, 15) is 24.8 Å². The molecule has 1 amide bonds. The van der Waals surface area contributed by atoms with Gasteiger partial charge in [-0.15, -0.1) is 0 Å². The Hall–Kier alpha value is -5.79. The average molecular weight is 781 g/mol. The summed E-state index contributed by atoms with van der Waals surface area (Å²) >= 11 is 0. The van der Waals surface area contributed by atoms with Gasteiger partial charge in [-0.1, -0.05) is 36.9 Å². The van der Waals surface area contributed by atoms with E-state index in [0.717, 1.165) is 33.7 Å². The molecule has 0 spiro atoms. The summed E-state index contributed by atoms with van der Waals surface area (Å²) in [5.74, 6) is -1.66. The molecule has 1 aliphatic heterocycles. The van der Waals surface area contributed by atoms with Crippen LogP contribution >= 0.6 is 0 Å². The third-order valence-electron chi connectivity index (χ3n) is 9.77. The molecule has 56 heavy (non-hydrogen) atoms. The molecular weight excluding hydrogens is 733 g/mol. The zero-order chi connectivity index (χ0) is 41.2. The van der Waals surface area contributed by atoms with Crippen LogP contribution in [0.15, 0.2) is 83.6 Å². The number of carbonyl (C=O) groups excluding carboxylic acids is 4. The number of carboxylic acids is 1. The minimum absolute atomic E-state index is 0.0173. The first-order valence-corrected chi connectivity index (χ1v) is 21.2. The monoisotopic (exact) mass is 780 g/mol. The Labute approximate surface area is 327 Å². The average Bonchev–Trinajstić information content (AvgIpc) is 3.15. The second-order valence-electron chi connectivity index (χ2n) is 14.4. The SMILES string of the molecule is Cc1ccc([N+](=O)[O-])c(CCCOCCOCCNC(=O)c2ccc(C(=O)[O-])c(C3=C4C=CC(=[N+](C)C)C=C4[Si](C)(C)c4cc(N(C)C)ccc43)c2)c1.O=C=O. The van der Waals surface area contributed by atoms with Crippen LogP contribution in [0, 0.1) is 17.0 Å².